The molecule has 0 unspecified atom stereocenters. The number of esters is 1. The third-order valence-electron chi connectivity index (χ3n) is 3.04. The molecule has 0 heterocycles. The second-order valence-electron chi connectivity index (χ2n) is 4.78. The van der Waals surface area contributed by atoms with Crippen molar-refractivity contribution < 1.29 is 14.3 Å². The van der Waals surface area contributed by atoms with Gasteiger partial charge in [-0.15, -0.1) is 0 Å². The van der Waals surface area contributed by atoms with Gasteiger partial charge >= 0.3 is 5.97 Å². The lowest BCUT2D eigenvalue weighted by Gasteiger charge is -2.08. The zero-order valence-electron chi connectivity index (χ0n) is 12.3. The molecule has 2 rings (SSSR count). The van der Waals surface area contributed by atoms with Crippen LogP contribution in [0.3, 0.4) is 0 Å². The average Bonchev–Trinajstić information content (AvgIpc) is 2.56. The summed E-state index contributed by atoms with van der Waals surface area (Å²) in [6.07, 6.45) is 0. The summed E-state index contributed by atoms with van der Waals surface area (Å²) in [6.45, 7) is 1.44. The second kappa shape index (κ2) is 7.43. The maximum Gasteiger partial charge on any atom is 0.338 e. The summed E-state index contributed by atoms with van der Waals surface area (Å²) in [5.74, 6) is -1.10. The summed E-state index contributed by atoms with van der Waals surface area (Å²) in [5.41, 5.74) is 2.14. The van der Waals surface area contributed by atoms with Gasteiger partial charge in [-0.3, -0.25) is 4.79 Å². The lowest BCUT2D eigenvalue weighted by atomic mass is 10.1. The number of nitrogens with zero attached hydrogens (tertiary/aromatic N) is 1. The molecule has 1 N–H and O–H groups in total. The van der Waals surface area contributed by atoms with Gasteiger partial charge in [0.1, 0.15) is 0 Å². The first-order chi connectivity index (χ1) is 11.0. The molecule has 0 fully saturated rings. The van der Waals surface area contributed by atoms with E-state index in [2.05, 4.69) is 5.32 Å². The van der Waals surface area contributed by atoms with Crippen LogP contribution in [-0.2, 0) is 9.53 Å². The number of anilines is 1. The zero-order chi connectivity index (χ0) is 16.8. The summed E-state index contributed by atoms with van der Waals surface area (Å²) in [4.78, 5) is 23.6. The van der Waals surface area contributed by atoms with Gasteiger partial charge in [0, 0.05) is 10.7 Å². The third kappa shape index (κ3) is 4.56. The summed E-state index contributed by atoms with van der Waals surface area (Å²) in [6, 6.07) is 13.0. The molecule has 6 heteroatoms. The van der Waals surface area contributed by atoms with Gasteiger partial charge in [-0.1, -0.05) is 17.7 Å². The predicted molar refractivity (Wildman–Crippen MR) is 86.3 cm³/mol. The summed E-state index contributed by atoms with van der Waals surface area (Å²) >= 11 is 5.97. The minimum Gasteiger partial charge on any atom is -0.452 e. The summed E-state index contributed by atoms with van der Waals surface area (Å²) in [7, 11) is 0. The van der Waals surface area contributed by atoms with Crippen LogP contribution in [0.15, 0.2) is 42.5 Å². The number of hydrogen-bond donors (Lipinski definition) is 1. The minimum atomic E-state index is -0.633. The Kier molecular flexibility index (Phi) is 5.34. The molecule has 1 amide bonds. The van der Waals surface area contributed by atoms with Crippen molar-refractivity contribution in [1.82, 2.24) is 0 Å². The van der Waals surface area contributed by atoms with E-state index in [1.54, 1.807) is 18.2 Å². The van der Waals surface area contributed by atoms with E-state index < -0.39 is 18.5 Å². The zero-order valence-corrected chi connectivity index (χ0v) is 13.1. The minimum absolute atomic E-state index is 0.273. The van der Waals surface area contributed by atoms with Crippen LogP contribution in [0.5, 0.6) is 0 Å². The van der Waals surface area contributed by atoms with E-state index in [1.807, 2.05) is 13.0 Å². The molecule has 0 bridgehead atoms. The maximum atomic E-state index is 11.8. The number of benzene rings is 2. The average molecular weight is 329 g/mol. The lowest BCUT2D eigenvalue weighted by molar-refractivity contribution is -0.119. The van der Waals surface area contributed by atoms with Crippen LogP contribution in [0.2, 0.25) is 5.02 Å². The van der Waals surface area contributed by atoms with E-state index >= 15 is 0 Å². The summed E-state index contributed by atoms with van der Waals surface area (Å²) in [5, 5.41) is 11.8. The fourth-order valence-corrected chi connectivity index (χ4v) is 1.94. The Morgan fingerprint density at radius 2 is 1.91 bits per heavy atom. The standard InChI is InChI=1S/C17H13ClN2O3/c1-11-2-7-14(8-15(11)18)20-16(21)10-23-17(22)13-5-3-12(9-19)4-6-13/h2-8H,10H2,1H3,(H,20,21). The Bertz CT molecular complexity index is 779. The topological polar surface area (TPSA) is 79.2 Å². The van der Waals surface area contributed by atoms with Gasteiger partial charge in [0.2, 0.25) is 0 Å². The van der Waals surface area contributed by atoms with E-state index in [1.165, 1.54) is 24.3 Å². The quantitative estimate of drug-likeness (QED) is 0.873. The van der Waals surface area contributed by atoms with Crippen molar-refractivity contribution in [3.05, 3.63) is 64.2 Å². The molecule has 0 aliphatic rings. The number of halogens is 1. The molecule has 116 valence electrons. The highest BCUT2D eigenvalue weighted by molar-refractivity contribution is 6.31. The number of rotatable bonds is 4. The van der Waals surface area contributed by atoms with Crippen molar-refractivity contribution in [1.29, 1.82) is 5.26 Å². The van der Waals surface area contributed by atoms with Crippen LogP contribution < -0.4 is 5.32 Å². The number of nitriles is 1. The van der Waals surface area contributed by atoms with Crippen LogP contribution in [0.4, 0.5) is 5.69 Å². The van der Waals surface area contributed by atoms with E-state index in [0.29, 0.717) is 16.3 Å². The molecule has 0 radical (unpaired) electrons. The second-order valence-corrected chi connectivity index (χ2v) is 5.18. The molecule has 2 aromatic rings. The van der Waals surface area contributed by atoms with E-state index in [4.69, 9.17) is 21.6 Å². The van der Waals surface area contributed by atoms with E-state index in [-0.39, 0.29) is 5.56 Å². The largest absolute Gasteiger partial charge is 0.452 e. The Labute approximate surface area is 138 Å². The van der Waals surface area contributed by atoms with Gasteiger partial charge in [-0.05, 0) is 48.9 Å². The third-order valence-corrected chi connectivity index (χ3v) is 3.45. The number of carbonyl (C=O) groups is 2. The fourth-order valence-electron chi connectivity index (χ4n) is 1.76. The maximum absolute atomic E-state index is 11.8. The molecular weight excluding hydrogens is 316 g/mol. The Morgan fingerprint density at radius 3 is 2.52 bits per heavy atom. The van der Waals surface area contributed by atoms with Gasteiger partial charge in [-0.25, -0.2) is 4.79 Å². The molecule has 5 nitrogen and oxygen atoms in total. The Balaban J connectivity index is 1.89. The molecule has 0 spiro atoms. The molecule has 23 heavy (non-hydrogen) atoms. The highest BCUT2D eigenvalue weighted by Gasteiger charge is 2.10. The molecule has 0 saturated carbocycles. The van der Waals surface area contributed by atoms with Crippen molar-refractivity contribution in [3.63, 3.8) is 0 Å². The van der Waals surface area contributed by atoms with Gasteiger partial charge in [0.15, 0.2) is 6.61 Å². The van der Waals surface area contributed by atoms with Crippen LogP contribution in [0.1, 0.15) is 21.5 Å². The number of hydrogen-bond acceptors (Lipinski definition) is 4. The van der Waals surface area contributed by atoms with Crippen LogP contribution in [0, 0.1) is 18.3 Å². The van der Waals surface area contributed by atoms with Crippen LogP contribution in [0.25, 0.3) is 0 Å². The SMILES string of the molecule is Cc1ccc(NC(=O)COC(=O)c2ccc(C#N)cc2)cc1Cl. The molecule has 0 aliphatic heterocycles. The number of carbonyl (C=O) groups excluding carboxylic acids is 2. The van der Waals surface area contributed by atoms with Crippen LogP contribution in [-0.4, -0.2) is 18.5 Å². The van der Waals surface area contributed by atoms with Gasteiger partial charge < -0.3 is 10.1 Å². The summed E-state index contributed by atoms with van der Waals surface area (Å²) < 4.78 is 4.92. The van der Waals surface area contributed by atoms with Crippen molar-refractivity contribution in [2.24, 2.45) is 0 Å². The first-order valence-electron chi connectivity index (χ1n) is 6.73. The van der Waals surface area contributed by atoms with Crippen LogP contribution >= 0.6 is 11.6 Å². The fraction of sp³-hybridized carbons (Fsp3) is 0.118. The smallest absolute Gasteiger partial charge is 0.338 e. The monoisotopic (exact) mass is 328 g/mol. The van der Waals surface area contributed by atoms with E-state index in [0.717, 1.165) is 5.56 Å². The number of ether oxygens (including phenoxy) is 1. The Hall–Kier alpha value is -2.84. The van der Waals surface area contributed by atoms with Gasteiger partial charge in [-0.2, -0.15) is 5.26 Å². The molecule has 0 aliphatic carbocycles. The van der Waals surface area contributed by atoms with Crippen molar-refractivity contribution in [3.8, 4) is 6.07 Å². The lowest BCUT2D eigenvalue weighted by Crippen LogP contribution is -2.20. The van der Waals surface area contributed by atoms with Crippen molar-refractivity contribution in [2.45, 2.75) is 6.92 Å². The van der Waals surface area contributed by atoms with Crippen molar-refractivity contribution >= 4 is 29.2 Å². The first kappa shape index (κ1) is 16.5. The molecule has 0 atom stereocenters. The number of amides is 1. The molecule has 2 aromatic carbocycles. The highest BCUT2D eigenvalue weighted by atomic mass is 35.5. The highest BCUT2D eigenvalue weighted by Crippen LogP contribution is 2.19. The number of aryl methyl sites for hydroxylation is 1. The Morgan fingerprint density at radius 1 is 1.22 bits per heavy atom. The van der Waals surface area contributed by atoms with Crippen molar-refractivity contribution in [2.75, 3.05) is 11.9 Å². The normalized spacial score (nSPS) is 9.78. The van der Waals surface area contributed by atoms with Gasteiger partial charge in [0.05, 0.1) is 17.2 Å². The van der Waals surface area contributed by atoms with E-state index in [9.17, 15) is 9.59 Å². The molecular formula is C17H13ClN2O3. The first-order valence-corrected chi connectivity index (χ1v) is 7.10. The predicted octanol–water partition coefficient (Wildman–Crippen LogP) is 3.32. The van der Waals surface area contributed by atoms with Gasteiger partial charge in [0.25, 0.3) is 5.91 Å². The molecule has 0 saturated heterocycles. The molecule has 0 aromatic heterocycles. The number of nitrogens with one attached hydrogen (secondary N) is 1.